The molecule has 3 aromatic rings. The number of ether oxygens (including phenoxy) is 1. The number of aliphatic imine (C=N–C) groups is 1. The molecular weight excluding hydrogens is 414 g/mol. The molecule has 0 radical (unpaired) electrons. The lowest BCUT2D eigenvalue weighted by Gasteiger charge is -2.15. The van der Waals surface area contributed by atoms with Crippen molar-refractivity contribution in [1.29, 1.82) is 0 Å². The maximum absolute atomic E-state index is 12.5. The fourth-order valence-electron chi connectivity index (χ4n) is 3.04. The number of halogens is 1. The van der Waals surface area contributed by atoms with Crippen LogP contribution in [-0.2, 0) is 21.3 Å². The van der Waals surface area contributed by atoms with Crippen LogP contribution in [0.5, 0.6) is 0 Å². The highest BCUT2D eigenvalue weighted by molar-refractivity contribution is 9.08. The maximum atomic E-state index is 12.5. The molecule has 0 aromatic heterocycles. The molecule has 0 bridgehead atoms. The molecule has 0 fully saturated rings. The Morgan fingerprint density at radius 3 is 2.00 bits per heavy atom. The Bertz CT molecular complexity index is 898. The van der Waals surface area contributed by atoms with Crippen molar-refractivity contribution in [1.82, 2.24) is 0 Å². The van der Waals surface area contributed by atoms with Crippen molar-refractivity contribution >= 4 is 27.6 Å². The normalized spacial score (nSPS) is 11.5. The van der Waals surface area contributed by atoms with Crippen molar-refractivity contribution in [2.24, 2.45) is 4.99 Å². The topological polar surface area (TPSA) is 38.7 Å². The summed E-state index contributed by atoms with van der Waals surface area (Å²) in [5, 5.41) is 0.770. The minimum absolute atomic E-state index is 0.339. The van der Waals surface area contributed by atoms with Crippen LogP contribution in [0, 0.1) is 0 Å². The summed E-state index contributed by atoms with van der Waals surface area (Å²) in [4.78, 5) is 17.4. The average molecular weight is 436 g/mol. The lowest BCUT2D eigenvalue weighted by Crippen LogP contribution is -2.25. The summed E-state index contributed by atoms with van der Waals surface area (Å²) in [6.45, 7) is 0. The van der Waals surface area contributed by atoms with Crippen molar-refractivity contribution < 1.29 is 9.53 Å². The van der Waals surface area contributed by atoms with Gasteiger partial charge < -0.3 is 4.74 Å². The van der Waals surface area contributed by atoms with Crippen molar-refractivity contribution in [2.45, 2.75) is 17.8 Å². The van der Waals surface area contributed by atoms with Gasteiger partial charge in [0.15, 0.2) is 6.04 Å². The van der Waals surface area contributed by atoms with E-state index < -0.39 is 6.04 Å². The lowest BCUT2D eigenvalue weighted by atomic mass is 10.00. The third-order valence-electron chi connectivity index (χ3n) is 4.43. The molecule has 28 heavy (non-hydrogen) atoms. The zero-order chi connectivity index (χ0) is 19.8. The third-order valence-corrected chi connectivity index (χ3v) is 5.07. The van der Waals surface area contributed by atoms with E-state index in [0.717, 1.165) is 33.3 Å². The Morgan fingerprint density at radius 1 is 0.893 bits per heavy atom. The number of carbonyl (C=O) groups excluding carboxylic acids is 1. The predicted octanol–water partition coefficient (Wildman–Crippen LogP) is 5.20. The van der Waals surface area contributed by atoms with Gasteiger partial charge in [-0.15, -0.1) is 0 Å². The van der Waals surface area contributed by atoms with Gasteiger partial charge in [0, 0.05) is 22.9 Å². The first-order chi connectivity index (χ1) is 13.7. The molecule has 0 N–H and O–H groups in total. The standard InChI is InChI=1S/C24H22BrNO2/c1-28-24(27)22(16-18-9-8-10-19(15-18)17-25)26-23(20-11-4-2-5-12-20)21-13-6-3-7-14-21/h2-15,22H,16-17H2,1H3/t22-/m1/s1. The lowest BCUT2D eigenvalue weighted by molar-refractivity contribution is -0.142. The second kappa shape index (κ2) is 10.00. The fraction of sp³-hybridized carbons (Fsp3) is 0.167. The molecule has 0 saturated heterocycles. The zero-order valence-corrected chi connectivity index (χ0v) is 17.3. The molecule has 1 atom stereocenters. The quantitative estimate of drug-likeness (QED) is 0.290. The molecule has 0 heterocycles. The summed E-state index contributed by atoms with van der Waals surface area (Å²) in [6, 6.07) is 27.4. The summed E-state index contributed by atoms with van der Waals surface area (Å²) in [5.41, 5.74) is 4.94. The molecule has 3 nitrogen and oxygen atoms in total. The number of hydrogen-bond acceptors (Lipinski definition) is 3. The average Bonchev–Trinajstić information content (AvgIpc) is 2.77. The minimum atomic E-state index is -0.619. The van der Waals surface area contributed by atoms with Crippen molar-refractivity contribution in [2.75, 3.05) is 7.11 Å². The summed E-state index contributed by atoms with van der Waals surface area (Å²) >= 11 is 3.48. The highest BCUT2D eigenvalue weighted by Gasteiger charge is 2.21. The van der Waals surface area contributed by atoms with Crippen LogP contribution in [-0.4, -0.2) is 24.8 Å². The Balaban J connectivity index is 2.03. The first kappa shape index (κ1) is 20.0. The summed E-state index contributed by atoms with van der Waals surface area (Å²) in [6.07, 6.45) is 0.483. The molecule has 0 aliphatic carbocycles. The summed E-state index contributed by atoms with van der Waals surface area (Å²) < 4.78 is 5.06. The van der Waals surface area contributed by atoms with Crippen LogP contribution in [0.25, 0.3) is 0 Å². The molecule has 0 aliphatic heterocycles. The SMILES string of the molecule is COC(=O)[C@@H](Cc1cccc(CBr)c1)N=C(c1ccccc1)c1ccccc1. The van der Waals surface area contributed by atoms with E-state index in [9.17, 15) is 4.79 Å². The van der Waals surface area contributed by atoms with Gasteiger partial charge >= 0.3 is 5.97 Å². The zero-order valence-electron chi connectivity index (χ0n) is 15.7. The number of benzene rings is 3. The van der Waals surface area contributed by atoms with Gasteiger partial charge in [0.1, 0.15) is 0 Å². The van der Waals surface area contributed by atoms with E-state index >= 15 is 0 Å². The van der Waals surface area contributed by atoms with Crippen molar-refractivity contribution in [3.63, 3.8) is 0 Å². The Kier molecular flexibility index (Phi) is 7.15. The van der Waals surface area contributed by atoms with Crippen LogP contribution in [0.2, 0.25) is 0 Å². The highest BCUT2D eigenvalue weighted by Crippen LogP contribution is 2.17. The van der Waals surface area contributed by atoms with Crippen LogP contribution in [0.3, 0.4) is 0 Å². The third kappa shape index (κ3) is 5.17. The molecular formula is C24H22BrNO2. The van der Waals surface area contributed by atoms with Crippen LogP contribution < -0.4 is 0 Å². The van der Waals surface area contributed by atoms with Gasteiger partial charge in [0.05, 0.1) is 12.8 Å². The van der Waals surface area contributed by atoms with Gasteiger partial charge in [-0.05, 0) is 11.1 Å². The second-order valence-electron chi connectivity index (χ2n) is 6.41. The number of esters is 1. The van der Waals surface area contributed by atoms with Gasteiger partial charge in [0.2, 0.25) is 0 Å². The monoisotopic (exact) mass is 435 g/mol. The van der Waals surface area contributed by atoms with E-state index in [2.05, 4.69) is 22.0 Å². The summed E-state index contributed by atoms with van der Waals surface area (Å²) in [5.74, 6) is -0.339. The fourth-order valence-corrected chi connectivity index (χ4v) is 3.39. The van der Waals surface area contributed by atoms with E-state index in [1.807, 2.05) is 78.9 Å². The number of rotatable bonds is 7. The first-order valence-corrected chi connectivity index (χ1v) is 10.2. The van der Waals surface area contributed by atoms with E-state index in [0.29, 0.717) is 6.42 Å². The largest absolute Gasteiger partial charge is 0.467 e. The molecule has 0 aliphatic rings. The molecule has 0 unspecified atom stereocenters. The second-order valence-corrected chi connectivity index (χ2v) is 6.97. The number of nitrogens with zero attached hydrogens (tertiary/aromatic N) is 1. The molecule has 3 rings (SSSR count). The summed E-state index contributed by atoms with van der Waals surface area (Å²) in [7, 11) is 1.41. The number of alkyl halides is 1. The number of methoxy groups -OCH3 is 1. The van der Waals surface area contributed by atoms with Gasteiger partial charge in [0.25, 0.3) is 0 Å². The van der Waals surface area contributed by atoms with E-state index in [-0.39, 0.29) is 5.97 Å². The Labute approximate surface area is 174 Å². The van der Waals surface area contributed by atoms with Gasteiger partial charge in [-0.2, -0.15) is 0 Å². The number of carbonyl (C=O) groups is 1. The smallest absolute Gasteiger partial charge is 0.330 e. The van der Waals surface area contributed by atoms with E-state index in [4.69, 9.17) is 9.73 Å². The van der Waals surface area contributed by atoms with Crippen molar-refractivity contribution in [3.8, 4) is 0 Å². The molecule has 3 aromatic carbocycles. The van der Waals surface area contributed by atoms with Gasteiger partial charge in [-0.25, -0.2) is 4.79 Å². The van der Waals surface area contributed by atoms with Crippen LogP contribution in [0.15, 0.2) is 89.9 Å². The molecule has 142 valence electrons. The minimum Gasteiger partial charge on any atom is -0.467 e. The van der Waals surface area contributed by atoms with E-state index in [1.54, 1.807) is 0 Å². The Hall–Kier alpha value is -2.72. The van der Waals surface area contributed by atoms with Crippen LogP contribution in [0.1, 0.15) is 22.3 Å². The van der Waals surface area contributed by atoms with E-state index in [1.165, 1.54) is 7.11 Å². The predicted molar refractivity (Wildman–Crippen MR) is 117 cm³/mol. The van der Waals surface area contributed by atoms with Gasteiger partial charge in [-0.3, -0.25) is 4.99 Å². The van der Waals surface area contributed by atoms with Crippen molar-refractivity contribution in [3.05, 3.63) is 107 Å². The molecule has 0 saturated carbocycles. The highest BCUT2D eigenvalue weighted by atomic mass is 79.9. The van der Waals surface area contributed by atoms with Gasteiger partial charge in [-0.1, -0.05) is 101 Å². The number of hydrogen-bond donors (Lipinski definition) is 0. The molecule has 4 heteroatoms. The molecule has 0 amide bonds. The van der Waals surface area contributed by atoms with Crippen LogP contribution >= 0.6 is 15.9 Å². The van der Waals surface area contributed by atoms with Crippen LogP contribution in [0.4, 0.5) is 0 Å². The Morgan fingerprint density at radius 2 is 1.46 bits per heavy atom. The maximum Gasteiger partial charge on any atom is 0.330 e. The molecule has 0 spiro atoms. The first-order valence-electron chi connectivity index (χ1n) is 9.11.